The van der Waals surface area contributed by atoms with Gasteiger partial charge in [-0.25, -0.2) is 15.0 Å². The first-order valence-corrected chi connectivity index (χ1v) is 9.38. The van der Waals surface area contributed by atoms with E-state index in [2.05, 4.69) is 50.2 Å². The average molecular weight is 328 g/mol. The second-order valence-electron chi connectivity index (χ2n) is 5.30. The maximum Gasteiger partial charge on any atom is 0.176 e. The predicted octanol–water partition coefficient (Wildman–Crippen LogP) is 4.15. The molecule has 1 atom stereocenters. The molecule has 1 aromatic carbocycles. The number of benzene rings is 1. The Bertz CT molecular complexity index is 787. The molecule has 4 rings (SSSR count). The van der Waals surface area contributed by atoms with Gasteiger partial charge in [0.05, 0.1) is 6.04 Å². The van der Waals surface area contributed by atoms with Gasteiger partial charge in [0, 0.05) is 6.54 Å². The highest BCUT2D eigenvalue weighted by Crippen LogP contribution is 2.40. The van der Waals surface area contributed by atoms with Crippen LogP contribution in [0.25, 0.3) is 10.3 Å². The van der Waals surface area contributed by atoms with Gasteiger partial charge in [-0.15, -0.1) is 11.3 Å². The van der Waals surface area contributed by atoms with Crippen LogP contribution in [0.4, 0.5) is 5.82 Å². The summed E-state index contributed by atoms with van der Waals surface area (Å²) in [5, 5.41) is 0. The van der Waals surface area contributed by atoms with Crippen LogP contribution in [0, 0.1) is 0 Å². The van der Waals surface area contributed by atoms with E-state index in [-0.39, 0.29) is 0 Å². The molecule has 112 valence electrons. The molecule has 0 spiro atoms. The molecule has 0 N–H and O–H groups in total. The molecule has 1 aliphatic rings. The van der Waals surface area contributed by atoms with Crippen LogP contribution in [0.15, 0.2) is 41.0 Å². The van der Waals surface area contributed by atoms with Gasteiger partial charge in [-0.1, -0.05) is 42.1 Å². The Balaban J connectivity index is 1.79. The first-order chi connectivity index (χ1) is 10.9. The molecule has 0 radical (unpaired) electrons. The van der Waals surface area contributed by atoms with Gasteiger partial charge in [0.2, 0.25) is 0 Å². The summed E-state index contributed by atoms with van der Waals surface area (Å²) in [5.74, 6) is 1.04. The van der Waals surface area contributed by atoms with Crippen molar-refractivity contribution < 1.29 is 0 Å². The molecule has 22 heavy (non-hydrogen) atoms. The molecule has 2 aromatic heterocycles. The summed E-state index contributed by atoms with van der Waals surface area (Å²) >= 11 is 3.36. The van der Waals surface area contributed by atoms with Crippen LogP contribution in [-0.2, 0) is 0 Å². The largest absolute Gasteiger partial charge is 0.348 e. The molecule has 1 saturated heterocycles. The smallest absolute Gasteiger partial charge is 0.176 e. The molecular weight excluding hydrogens is 312 g/mol. The quantitative estimate of drug-likeness (QED) is 0.676. The molecule has 1 aliphatic heterocycles. The lowest BCUT2D eigenvalue weighted by Crippen LogP contribution is -2.23. The zero-order chi connectivity index (χ0) is 14.9. The van der Waals surface area contributed by atoms with Gasteiger partial charge in [0.15, 0.2) is 15.8 Å². The predicted molar refractivity (Wildman–Crippen MR) is 92.8 cm³/mol. The molecule has 0 aliphatic carbocycles. The lowest BCUT2D eigenvalue weighted by molar-refractivity contribution is 0.713. The van der Waals surface area contributed by atoms with E-state index < -0.39 is 0 Å². The fourth-order valence-electron chi connectivity index (χ4n) is 3.06. The van der Waals surface area contributed by atoms with Gasteiger partial charge in [-0.3, -0.25) is 0 Å². The molecule has 0 saturated carbocycles. The number of hydrogen-bond donors (Lipinski definition) is 0. The number of thiazole rings is 1. The number of nitrogens with zero attached hydrogens (tertiary/aromatic N) is 4. The van der Waals surface area contributed by atoms with Crippen LogP contribution in [-0.4, -0.2) is 27.8 Å². The van der Waals surface area contributed by atoms with Crippen molar-refractivity contribution in [2.45, 2.75) is 23.2 Å². The Morgan fingerprint density at radius 3 is 2.91 bits per heavy atom. The third-order valence-corrected chi connectivity index (χ3v) is 6.06. The summed E-state index contributed by atoms with van der Waals surface area (Å²) in [5.41, 5.74) is 2.18. The fourth-order valence-corrected chi connectivity index (χ4v) is 4.58. The van der Waals surface area contributed by atoms with Gasteiger partial charge in [-0.05, 0) is 24.7 Å². The molecule has 4 nitrogen and oxygen atoms in total. The van der Waals surface area contributed by atoms with Crippen LogP contribution < -0.4 is 4.90 Å². The average Bonchev–Trinajstić information content (AvgIpc) is 3.21. The Morgan fingerprint density at radius 2 is 2.09 bits per heavy atom. The van der Waals surface area contributed by atoms with Crippen LogP contribution in [0.3, 0.4) is 0 Å². The summed E-state index contributed by atoms with van der Waals surface area (Å²) in [6.07, 6.45) is 6.05. The molecule has 3 heterocycles. The van der Waals surface area contributed by atoms with Crippen molar-refractivity contribution in [3.05, 3.63) is 42.2 Å². The van der Waals surface area contributed by atoms with Crippen molar-refractivity contribution in [3.63, 3.8) is 0 Å². The number of fused-ring (bicyclic) bond motifs is 1. The standard InChI is InChI=1S/C16H16N4S2/c1-21-16-19-14-13(22-16)15(18-10-17-14)20-9-5-8-12(20)11-6-3-2-4-7-11/h2-4,6-7,10,12H,5,8-9H2,1H3. The number of anilines is 1. The van der Waals surface area contributed by atoms with Crippen LogP contribution in [0.2, 0.25) is 0 Å². The highest BCUT2D eigenvalue weighted by atomic mass is 32.2. The van der Waals surface area contributed by atoms with Crippen molar-refractivity contribution in [1.29, 1.82) is 0 Å². The molecule has 0 amide bonds. The third kappa shape index (κ3) is 2.36. The van der Waals surface area contributed by atoms with E-state index in [1.165, 1.54) is 18.4 Å². The first-order valence-electron chi connectivity index (χ1n) is 7.34. The highest BCUT2D eigenvalue weighted by Gasteiger charge is 2.29. The lowest BCUT2D eigenvalue weighted by Gasteiger charge is -2.26. The van der Waals surface area contributed by atoms with Crippen molar-refractivity contribution >= 4 is 39.3 Å². The summed E-state index contributed by atoms with van der Waals surface area (Å²) in [4.78, 5) is 15.9. The fraction of sp³-hybridized carbons (Fsp3) is 0.312. The zero-order valence-corrected chi connectivity index (χ0v) is 13.9. The van der Waals surface area contributed by atoms with E-state index in [4.69, 9.17) is 0 Å². The van der Waals surface area contributed by atoms with Crippen molar-refractivity contribution in [1.82, 2.24) is 15.0 Å². The topological polar surface area (TPSA) is 41.9 Å². The van der Waals surface area contributed by atoms with E-state index in [1.54, 1.807) is 29.4 Å². The molecule has 3 aromatic rings. The van der Waals surface area contributed by atoms with Gasteiger partial charge in [0.1, 0.15) is 11.0 Å². The van der Waals surface area contributed by atoms with Gasteiger partial charge >= 0.3 is 0 Å². The summed E-state index contributed by atoms with van der Waals surface area (Å²) in [6.45, 7) is 1.04. The van der Waals surface area contributed by atoms with Crippen LogP contribution >= 0.6 is 23.1 Å². The first kappa shape index (κ1) is 14.0. The minimum Gasteiger partial charge on any atom is -0.348 e. The molecular formula is C16H16N4S2. The number of thioether (sulfide) groups is 1. The monoisotopic (exact) mass is 328 g/mol. The molecule has 1 unspecified atom stereocenters. The van der Waals surface area contributed by atoms with E-state index in [0.717, 1.165) is 27.0 Å². The maximum absolute atomic E-state index is 4.59. The number of hydrogen-bond acceptors (Lipinski definition) is 6. The van der Waals surface area contributed by atoms with Gasteiger partial charge in [0.25, 0.3) is 0 Å². The van der Waals surface area contributed by atoms with Gasteiger partial charge in [-0.2, -0.15) is 0 Å². The minimum atomic E-state index is 0.402. The normalized spacial score (nSPS) is 18.2. The SMILES string of the molecule is CSc1nc2ncnc(N3CCCC3c3ccccc3)c2s1. The zero-order valence-electron chi connectivity index (χ0n) is 12.3. The van der Waals surface area contributed by atoms with Crippen LogP contribution in [0.5, 0.6) is 0 Å². The Kier molecular flexibility index (Phi) is 3.72. The van der Waals surface area contributed by atoms with Crippen molar-refractivity contribution in [2.24, 2.45) is 0 Å². The highest BCUT2D eigenvalue weighted by molar-refractivity contribution is 8.00. The van der Waals surface area contributed by atoms with E-state index in [0.29, 0.717) is 6.04 Å². The summed E-state index contributed by atoms with van der Waals surface area (Å²) in [6, 6.07) is 11.1. The summed E-state index contributed by atoms with van der Waals surface area (Å²) in [7, 11) is 0. The second kappa shape index (κ2) is 5.85. The van der Waals surface area contributed by atoms with Crippen LogP contribution in [0.1, 0.15) is 24.4 Å². The minimum absolute atomic E-state index is 0.402. The Labute approximate surface area is 137 Å². The molecule has 6 heteroatoms. The maximum atomic E-state index is 4.59. The van der Waals surface area contributed by atoms with Crippen molar-refractivity contribution in [2.75, 3.05) is 17.7 Å². The van der Waals surface area contributed by atoms with E-state index in [9.17, 15) is 0 Å². The van der Waals surface area contributed by atoms with Gasteiger partial charge < -0.3 is 4.90 Å². The van der Waals surface area contributed by atoms with E-state index >= 15 is 0 Å². The number of rotatable bonds is 3. The Morgan fingerprint density at radius 1 is 1.23 bits per heavy atom. The molecule has 1 fully saturated rings. The summed E-state index contributed by atoms with van der Waals surface area (Å²) < 4.78 is 2.15. The van der Waals surface area contributed by atoms with E-state index in [1.807, 2.05) is 6.26 Å². The number of aromatic nitrogens is 3. The third-order valence-electron chi connectivity index (χ3n) is 4.04. The van der Waals surface area contributed by atoms with Crippen molar-refractivity contribution in [3.8, 4) is 0 Å². The Hall–Kier alpha value is -1.66. The lowest BCUT2D eigenvalue weighted by atomic mass is 10.0. The second-order valence-corrected chi connectivity index (χ2v) is 7.35. The molecule has 0 bridgehead atoms.